The molecular formula is C14H21NO3. The van der Waals surface area contributed by atoms with Crippen LogP contribution in [0.1, 0.15) is 30.9 Å². The molecule has 0 amide bonds. The minimum atomic E-state index is -0.00717. The number of ether oxygens (including phenoxy) is 3. The summed E-state index contributed by atoms with van der Waals surface area (Å²) in [5, 5.41) is 0. The predicted molar refractivity (Wildman–Crippen MR) is 70.4 cm³/mol. The summed E-state index contributed by atoms with van der Waals surface area (Å²) in [6, 6.07) is 3.84. The van der Waals surface area contributed by atoms with Crippen molar-refractivity contribution in [1.82, 2.24) is 0 Å². The highest BCUT2D eigenvalue weighted by Gasteiger charge is 2.27. The topological polar surface area (TPSA) is 53.7 Å². The van der Waals surface area contributed by atoms with Crippen molar-refractivity contribution in [2.24, 2.45) is 11.7 Å². The summed E-state index contributed by atoms with van der Waals surface area (Å²) < 4.78 is 16.1. The number of methoxy groups -OCH3 is 3. The van der Waals surface area contributed by atoms with Crippen molar-refractivity contribution in [1.29, 1.82) is 0 Å². The van der Waals surface area contributed by atoms with Crippen LogP contribution in [0.2, 0.25) is 0 Å². The van der Waals surface area contributed by atoms with Crippen LogP contribution < -0.4 is 19.9 Å². The lowest BCUT2D eigenvalue weighted by Gasteiger charge is -2.19. The van der Waals surface area contributed by atoms with Gasteiger partial charge in [0.15, 0.2) is 11.5 Å². The Labute approximate surface area is 108 Å². The van der Waals surface area contributed by atoms with Crippen molar-refractivity contribution in [3.05, 3.63) is 17.7 Å². The molecule has 4 heteroatoms. The third-order valence-corrected chi connectivity index (χ3v) is 3.42. The van der Waals surface area contributed by atoms with Crippen LogP contribution in [0.15, 0.2) is 12.1 Å². The van der Waals surface area contributed by atoms with Crippen LogP contribution in [0.5, 0.6) is 17.2 Å². The van der Waals surface area contributed by atoms with Gasteiger partial charge in [0.1, 0.15) is 0 Å². The molecule has 1 aromatic rings. The van der Waals surface area contributed by atoms with E-state index in [1.54, 1.807) is 21.3 Å². The Kier molecular flexibility index (Phi) is 3.97. The molecule has 0 unspecified atom stereocenters. The molecule has 1 fully saturated rings. The van der Waals surface area contributed by atoms with Gasteiger partial charge < -0.3 is 19.9 Å². The summed E-state index contributed by atoms with van der Waals surface area (Å²) in [7, 11) is 4.85. The molecule has 4 nitrogen and oxygen atoms in total. The molecule has 1 aromatic carbocycles. The predicted octanol–water partition coefficient (Wildman–Crippen LogP) is 2.51. The second-order valence-electron chi connectivity index (χ2n) is 4.71. The van der Waals surface area contributed by atoms with Gasteiger partial charge in [-0.25, -0.2) is 0 Å². The minimum Gasteiger partial charge on any atom is -0.493 e. The van der Waals surface area contributed by atoms with Gasteiger partial charge in [0.05, 0.1) is 21.3 Å². The molecule has 1 atom stereocenters. The summed E-state index contributed by atoms with van der Waals surface area (Å²) in [5.74, 6) is 2.74. The molecule has 0 radical (unpaired) electrons. The highest BCUT2D eigenvalue weighted by molar-refractivity contribution is 5.56. The highest BCUT2D eigenvalue weighted by atomic mass is 16.5. The van der Waals surface area contributed by atoms with E-state index < -0.39 is 0 Å². The van der Waals surface area contributed by atoms with E-state index in [0.29, 0.717) is 17.2 Å². The highest BCUT2D eigenvalue weighted by Crippen LogP contribution is 2.44. The second kappa shape index (κ2) is 5.48. The van der Waals surface area contributed by atoms with Crippen molar-refractivity contribution in [2.75, 3.05) is 21.3 Å². The Morgan fingerprint density at radius 2 is 1.78 bits per heavy atom. The average molecular weight is 251 g/mol. The number of nitrogens with two attached hydrogens (primary N) is 1. The van der Waals surface area contributed by atoms with Crippen LogP contribution in [-0.2, 0) is 0 Å². The molecule has 0 spiro atoms. The van der Waals surface area contributed by atoms with Gasteiger partial charge >= 0.3 is 0 Å². The van der Waals surface area contributed by atoms with E-state index >= 15 is 0 Å². The zero-order valence-electron chi connectivity index (χ0n) is 11.2. The van der Waals surface area contributed by atoms with Crippen LogP contribution in [0.4, 0.5) is 0 Å². The molecule has 2 N–H and O–H groups in total. The van der Waals surface area contributed by atoms with Gasteiger partial charge in [-0.1, -0.05) is 12.8 Å². The van der Waals surface area contributed by atoms with Gasteiger partial charge in [-0.05, 0) is 24.5 Å². The zero-order valence-corrected chi connectivity index (χ0v) is 11.2. The maximum Gasteiger partial charge on any atom is 0.203 e. The second-order valence-corrected chi connectivity index (χ2v) is 4.71. The fourth-order valence-corrected chi connectivity index (χ4v) is 2.26. The Morgan fingerprint density at radius 1 is 1.11 bits per heavy atom. The SMILES string of the molecule is COc1ccc([C@@H](N)CC2CC2)c(OC)c1OC. The Hall–Kier alpha value is -1.42. The van der Waals surface area contributed by atoms with E-state index in [1.807, 2.05) is 12.1 Å². The molecule has 0 saturated heterocycles. The standard InChI is InChI=1S/C14H21NO3/c1-16-12-7-6-10(11(15)8-9-4-5-9)13(17-2)14(12)18-3/h6-7,9,11H,4-5,8,15H2,1-3H3/t11-/m0/s1. The van der Waals surface area contributed by atoms with Gasteiger partial charge in [0.25, 0.3) is 0 Å². The van der Waals surface area contributed by atoms with Gasteiger partial charge in [0.2, 0.25) is 5.75 Å². The van der Waals surface area contributed by atoms with Crippen LogP contribution in [0, 0.1) is 5.92 Å². The van der Waals surface area contributed by atoms with Crippen LogP contribution >= 0.6 is 0 Å². The fourth-order valence-electron chi connectivity index (χ4n) is 2.26. The molecule has 2 rings (SSSR count). The fraction of sp³-hybridized carbons (Fsp3) is 0.571. The molecular weight excluding hydrogens is 230 g/mol. The summed E-state index contributed by atoms with van der Waals surface area (Å²) in [6.07, 6.45) is 3.60. The lowest BCUT2D eigenvalue weighted by atomic mass is 10.0. The van der Waals surface area contributed by atoms with Crippen molar-refractivity contribution >= 4 is 0 Å². The van der Waals surface area contributed by atoms with Gasteiger partial charge in [0, 0.05) is 11.6 Å². The lowest BCUT2D eigenvalue weighted by Crippen LogP contribution is -2.13. The van der Waals surface area contributed by atoms with Crippen LogP contribution in [0.3, 0.4) is 0 Å². The van der Waals surface area contributed by atoms with Crippen LogP contribution in [-0.4, -0.2) is 21.3 Å². The molecule has 0 aliphatic heterocycles. The van der Waals surface area contributed by atoms with E-state index in [4.69, 9.17) is 19.9 Å². The molecule has 1 aliphatic rings. The molecule has 18 heavy (non-hydrogen) atoms. The van der Waals surface area contributed by atoms with Gasteiger partial charge in [-0.2, -0.15) is 0 Å². The molecule has 0 bridgehead atoms. The Morgan fingerprint density at radius 3 is 2.28 bits per heavy atom. The third-order valence-electron chi connectivity index (χ3n) is 3.42. The lowest BCUT2D eigenvalue weighted by molar-refractivity contribution is 0.320. The van der Waals surface area contributed by atoms with E-state index in [2.05, 4.69) is 0 Å². The third kappa shape index (κ3) is 2.53. The molecule has 1 saturated carbocycles. The first-order valence-electron chi connectivity index (χ1n) is 6.25. The van der Waals surface area contributed by atoms with Crippen molar-refractivity contribution < 1.29 is 14.2 Å². The first-order chi connectivity index (χ1) is 8.71. The Balaban J connectivity index is 2.33. The molecule has 100 valence electrons. The molecule has 0 aromatic heterocycles. The van der Waals surface area contributed by atoms with Crippen molar-refractivity contribution in [2.45, 2.75) is 25.3 Å². The number of hydrogen-bond donors (Lipinski definition) is 1. The average Bonchev–Trinajstić information content (AvgIpc) is 3.20. The summed E-state index contributed by atoms with van der Waals surface area (Å²) in [6.45, 7) is 0. The normalized spacial score (nSPS) is 16.2. The number of benzene rings is 1. The largest absolute Gasteiger partial charge is 0.493 e. The summed E-state index contributed by atoms with van der Waals surface area (Å²) in [4.78, 5) is 0. The smallest absolute Gasteiger partial charge is 0.203 e. The molecule has 0 heterocycles. The number of rotatable bonds is 6. The zero-order chi connectivity index (χ0) is 13.1. The van der Waals surface area contributed by atoms with E-state index in [0.717, 1.165) is 17.9 Å². The quantitative estimate of drug-likeness (QED) is 0.844. The maximum atomic E-state index is 6.25. The number of hydrogen-bond acceptors (Lipinski definition) is 4. The van der Waals surface area contributed by atoms with E-state index in [1.165, 1.54) is 12.8 Å². The first-order valence-corrected chi connectivity index (χ1v) is 6.25. The Bertz CT molecular complexity index is 416. The van der Waals surface area contributed by atoms with Gasteiger partial charge in [-0.3, -0.25) is 0 Å². The van der Waals surface area contributed by atoms with E-state index in [9.17, 15) is 0 Å². The van der Waals surface area contributed by atoms with Crippen LogP contribution in [0.25, 0.3) is 0 Å². The molecule has 1 aliphatic carbocycles. The monoisotopic (exact) mass is 251 g/mol. The van der Waals surface area contributed by atoms with Crippen molar-refractivity contribution in [3.8, 4) is 17.2 Å². The first kappa shape index (κ1) is 13.0. The van der Waals surface area contributed by atoms with Crippen molar-refractivity contribution in [3.63, 3.8) is 0 Å². The van der Waals surface area contributed by atoms with E-state index in [-0.39, 0.29) is 6.04 Å². The van der Waals surface area contributed by atoms with Gasteiger partial charge in [-0.15, -0.1) is 0 Å². The maximum absolute atomic E-state index is 6.25. The minimum absolute atomic E-state index is 0.00717. The summed E-state index contributed by atoms with van der Waals surface area (Å²) >= 11 is 0. The summed E-state index contributed by atoms with van der Waals surface area (Å²) in [5.41, 5.74) is 7.24.